The zero-order valence-corrected chi connectivity index (χ0v) is 14.2. The number of thiol groups is 1. The molecule has 8 nitrogen and oxygen atoms in total. The van der Waals surface area contributed by atoms with Crippen LogP contribution in [0.3, 0.4) is 0 Å². The zero-order valence-electron chi connectivity index (χ0n) is 13.4. The minimum atomic E-state index is -0.715. The third kappa shape index (κ3) is 4.32. The number of amides is 1. The lowest BCUT2D eigenvalue weighted by atomic mass is 10.1. The molecule has 0 aliphatic rings. The van der Waals surface area contributed by atoms with Crippen molar-refractivity contribution in [3.63, 3.8) is 0 Å². The second-order valence-electron chi connectivity index (χ2n) is 4.84. The number of benzene rings is 1. The van der Waals surface area contributed by atoms with Crippen LogP contribution in [0.25, 0.3) is 0 Å². The molecule has 2 aromatic rings. The van der Waals surface area contributed by atoms with Gasteiger partial charge in [0.1, 0.15) is 12.0 Å². The fourth-order valence-electron chi connectivity index (χ4n) is 2.04. The van der Waals surface area contributed by atoms with Crippen LogP contribution in [0.2, 0.25) is 0 Å². The molecule has 0 aliphatic heterocycles. The molecule has 1 heterocycles. The molecule has 1 amide bonds. The van der Waals surface area contributed by atoms with Gasteiger partial charge in [-0.15, -0.1) is 12.6 Å². The van der Waals surface area contributed by atoms with Gasteiger partial charge >= 0.3 is 5.97 Å². The second kappa shape index (κ2) is 8.25. The van der Waals surface area contributed by atoms with Crippen molar-refractivity contribution in [3.05, 3.63) is 41.9 Å². The van der Waals surface area contributed by atoms with Gasteiger partial charge in [0, 0.05) is 16.7 Å². The summed E-state index contributed by atoms with van der Waals surface area (Å²) in [7, 11) is 0. The Morgan fingerprint density at radius 3 is 2.76 bits per heavy atom. The first kappa shape index (κ1) is 18.4. The Balaban J connectivity index is 2.22. The molecular weight excluding hydrogens is 344 g/mol. The number of hydrogen-bond acceptors (Lipinski definition) is 7. The third-order valence-corrected chi connectivity index (χ3v) is 3.54. The van der Waals surface area contributed by atoms with Gasteiger partial charge in [-0.25, -0.2) is 9.78 Å². The molecule has 2 N–H and O–H groups in total. The highest BCUT2D eigenvalue weighted by Crippen LogP contribution is 2.15. The SMILES string of the molecule is CCOC(=O)c1nc(NC(=O)C(=N)c2ccccc2S)cn1CC=O. The van der Waals surface area contributed by atoms with Crippen molar-refractivity contribution in [3.8, 4) is 0 Å². The summed E-state index contributed by atoms with van der Waals surface area (Å²) < 4.78 is 6.12. The number of esters is 1. The summed E-state index contributed by atoms with van der Waals surface area (Å²) in [5, 5.41) is 10.4. The number of aromatic nitrogens is 2. The number of carbonyl (C=O) groups excluding carboxylic acids is 3. The molecule has 0 atom stereocenters. The van der Waals surface area contributed by atoms with Crippen molar-refractivity contribution in [2.45, 2.75) is 18.4 Å². The van der Waals surface area contributed by atoms with Crippen LogP contribution in [-0.2, 0) is 20.9 Å². The van der Waals surface area contributed by atoms with E-state index in [1.54, 1.807) is 31.2 Å². The quantitative estimate of drug-likeness (QED) is 0.300. The molecule has 0 saturated heterocycles. The van der Waals surface area contributed by atoms with Crippen LogP contribution in [0.5, 0.6) is 0 Å². The number of nitrogens with one attached hydrogen (secondary N) is 2. The first-order chi connectivity index (χ1) is 12.0. The Morgan fingerprint density at radius 2 is 2.12 bits per heavy atom. The van der Waals surface area contributed by atoms with Gasteiger partial charge in [-0.1, -0.05) is 18.2 Å². The molecular formula is C16H16N4O4S. The largest absolute Gasteiger partial charge is 0.460 e. The zero-order chi connectivity index (χ0) is 18.4. The fraction of sp³-hybridized carbons (Fsp3) is 0.188. The number of nitrogens with zero attached hydrogens (tertiary/aromatic N) is 2. The summed E-state index contributed by atoms with van der Waals surface area (Å²) in [6.07, 6.45) is 1.92. The van der Waals surface area contributed by atoms with Crippen molar-refractivity contribution in [1.29, 1.82) is 5.41 Å². The minimum absolute atomic E-state index is 0.0382. The van der Waals surface area contributed by atoms with Gasteiger partial charge in [-0.3, -0.25) is 10.2 Å². The minimum Gasteiger partial charge on any atom is -0.460 e. The lowest BCUT2D eigenvalue weighted by Crippen LogP contribution is -2.23. The number of aldehydes is 1. The lowest BCUT2D eigenvalue weighted by Gasteiger charge is -2.06. The van der Waals surface area contributed by atoms with Gasteiger partial charge in [0.05, 0.1) is 13.2 Å². The average molecular weight is 360 g/mol. The summed E-state index contributed by atoms with van der Waals surface area (Å²) in [5.74, 6) is -1.49. The molecule has 25 heavy (non-hydrogen) atoms. The predicted molar refractivity (Wildman–Crippen MR) is 93.4 cm³/mol. The highest BCUT2D eigenvalue weighted by atomic mass is 32.1. The Morgan fingerprint density at radius 1 is 1.40 bits per heavy atom. The van der Waals surface area contributed by atoms with Crippen LogP contribution in [0.1, 0.15) is 23.1 Å². The van der Waals surface area contributed by atoms with Crippen LogP contribution in [0.4, 0.5) is 5.82 Å². The number of ether oxygens (including phenoxy) is 1. The predicted octanol–water partition coefficient (Wildman–Crippen LogP) is 1.55. The molecule has 130 valence electrons. The topological polar surface area (TPSA) is 114 Å². The van der Waals surface area contributed by atoms with Crippen LogP contribution in [0, 0.1) is 5.41 Å². The molecule has 1 aromatic heterocycles. The molecule has 0 spiro atoms. The van der Waals surface area contributed by atoms with Crippen LogP contribution >= 0.6 is 12.6 Å². The van der Waals surface area contributed by atoms with Crippen LogP contribution in [0.15, 0.2) is 35.4 Å². The van der Waals surface area contributed by atoms with Gasteiger partial charge in [0.2, 0.25) is 5.82 Å². The van der Waals surface area contributed by atoms with Crippen molar-refractivity contribution in [1.82, 2.24) is 9.55 Å². The van der Waals surface area contributed by atoms with Gasteiger partial charge in [-0.2, -0.15) is 0 Å². The van der Waals surface area contributed by atoms with Crippen LogP contribution < -0.4 is 5.32 Å². The number of carbonyl (C=O) groups is 3. The Kier molecular flexibility index (Phi) is 6.07. The summed E-state index contributed by atoms with van der Waals surface area (Å²) in [5.41, 5.74) is 0.0643. The van der Waals surface area contributed by atoms with Crippen molar-refractivity contribution in [2.75, 3.05) is 11.9 Å². The molecule has 0 radical (unpaired) electrons. The summed E-state index contributed by atoms with van der Waals surface area (Å²) in [6, 6.07) is 6.69. The molecule has 9 heteroatoms. The van der Waals surface area contributed by atoms with Gasteiger partial charge in [0.25, 0.3) is 5.91 Å². The van der Waals surface area contributed by atoms with E-state index in [0.717, 1.165) is 0 Å². The van der Waals surface area contributed by atoms with E-state index in [9.17, 15) is 14.4 Å². The lowest BCUT2D eigenvalue weighted by molar-refractivity contribution is -0.110. The normalized spacial score (nSPS) is 10.2. The molecule has 0 aliphatic carbocycles. The van der Waals surface area contributed by atoms with E-state index < -0.39 is 11.9 Å². The Labute approximate surface area is 149 Å². The Bertz CT molecular complexity index is 831. The van der Waals surface area contributed by atoms with E-state index in [2.05, 4.69) is 22.9 Å². The average Bonchev–Trinajstić information content (AvgIpc) is 2.98. The van der Waals surface area contributed by atoms with Gasteiger partial charge < -0.3 is 19.4 Å². The summed E-state index contributed by atoms with van der Waals surface area (Å²) in [6.45, 7) is 1.68. The summed E-state index contributed by atoms with van der Waals surface area (Å²) >= 11 is 4.22. The molecule has 0 unspecified atom stereocenters. The van der Waals surface area contributed by atoms with E-state index in [0.29, 0.717) is 16.7 Å². The Hall–Kier alpha value is -2.94. The van der Waals surface area contributed by atoms with Crippen molar-refractivity contribution < 1.29 is 19.1 Å². The van der Waals surface area contributed by atoms with Crippen LogP contribution in [-0.4, -0.2) is 40.0 Å². The second-order valence-corrected chi connectivity index (χ2v) is 5.32. The van der Waals surface area contributed by atoms with E-state index in [-0.39, 0.29) is 30.5 Å². The first-order valence-corrected chi connectivity index (χ1v) is 7.78. The highest BCUT2D eigenvalue weighted by Gasteiger charge is 2.20. The van der Waals surface area contributed by atoms with E-state index >= 15 is 0 Å². The first-order valence-electron chi connectivity index (χ1n) is 7.34. The smallest absolute Gasteiger partial charge is 0.374 e. The van der Waals surface area contributed by atoms with E-state index in [1.807, 2.05) is 0 Å². The highest BCUT2D eigenvalue weighted by molar-refractivity contribution is 7.80. The third-order valence-electron chi connectivity index (χ3n) is 3.15. The number of rotatable bonds is 7. The fourth-order valence-corrected chi connectivity index (χ4v) is 2.31. The maximum absolute atomic E-state index is 12.2. The molecule has 0 fully saturated rings. The van der Waals surface area contributed by atoms with Gasteiger partial charge in [0.15, 0.2) is 5.82 Å². The number of hydrogen-bond donors (Lipinski definition) is 3. The van der Waals surface area contributed by atoms with E-state index in [4.69, 9.17) is 10.1 Å². The number of anilines is 1. The molecule has 0 bridgehead atoms. The molecule has 1 aromatic carbocycles. The maximum atomic E-state index is 12.2. The number of imidazole rings is 1. The molecule has 2 rings (SSSR count). The summed E-state index contributed by atoms with van der Waals surface area (Å²) in [4.78, 5) is 39.3. The van der Waals surface area contributed by atoms with Gasteiger partial charge in [-0.05, 0) is 13.0 Å². The molecule has 0 saturated carbocycles. The standard InChI is InChI=1S/C16H16N4O4S/c1-2-24-16(23)14-18-12(9-20(14)7-8-21)19-15(22)13(17)10-5-3-4-6-11(10)25/h3-6,8-9,17,25H,2,7H2,1H3,(H,19,22). The maximum Gasteiger partial charge on any atom is 0.374 e. The van der Waals surface area contributed by atoms with Crippen molar-refractivity contribution in [2.24, 2.45) is 0 Å². The van der Waals surface area contributed by atoms with E-state index in [1.165, 1.54) is 10.8 Å². The van der Waals surface area contributed by atoms with Crippen molar-refractivity contribution >= 4 is 42.3 Å². The monoisotopic (exact) mass is 360 g/mol.